The van der Waals surface area contributed by atoms with E-state index in [-0.39, 0.29) is 0 Å². The minimum absolute atomic E-state index is 0.661. The van der Waals surface area contributed by atoms with Crippen LogP contribution in [0.2, 0.25) is 0 Å². The van der Waals surface area contributed by atoms with E-state index in [1.165, 1.54) is 5.52 Å². The number of benzene rings is 1. The zero-order chi connectivity index (χ0) is 12.9. The van der Waals surface area contributed by atoms with Crippen LogP contribution in [-0.4, -0.2) is 14.3 Å². The Hall–Kier alpha value is -1.75. The summed E-state index contributed by atoms with van der Waals surface area (Å²) in [6.45, 7) is 0. The van der Waals surface area contributed by atoms with Crippen LogP contribution in [0, 0.1) is 0 Å². The van der Waals surface area contributed by atoms with Crippen molar-refractivity contribution in [3.05, 3.63) is 34.9 Å². The average molecular weight is 305 g/mol. The third-order valence-electron chi connectivity index (χ3n) is 3.16. The fraction of sp³-hybridized carbons (Fsp3) is 0.154. The molecular weight excluding hydrogens is 292 g/mol. The molecule has 1 aromatic carbocycles. The number of anilines is 1. The Balaban J connectivity index is 2.35. The van der Waals surface area contributed by atoms with Gasteiger partial charge in [-0.15, -0.1) is 0 Å². The predicted molar refractivity (Wildman–Crippen MR) is 77.2 cm³/mol. The smallest absolute Gasteiger partial charge is 0.121 e. The molecule has 3 aromatic rings. The minimum Gasteiger partial charge on any atom is -0.384 e. The molecule has 0 aliphatic heterocycles. The van der Waals surface area contributed by atoms with Gasteiger partial charge in [0.15, 0.2) is 0 Å². The van der Waals surface area contributed by atoms with Crippen molar-refractivity contribution >= 4 is 32.7 Å². The first kappa shape index (κ1) is 11.3. The number of hydrogen-bond acceptors (Lipinski definition) is 2. The molecule has 0 aliphatic carbocycles. The van der Waals surface area contributed by atoms with Crippen LogP contribution in [0.4, 0.5) is 5.82 Å². The molecule has 3 rings (SSSR count). The van der Waals surface area contributed by atoms with Crippen molar-refractivity contribution < 1.29 is 0 Å². The normalized spacial score (nSPS) is 11.3. The van der Waals surface area contributed by atoms with Gasteiger partial charge in [0.05, 0.1) is 5.69 Å². The fourth-order valence-corrected chi connectivity index (χ4v) is 2.94. The summed E-state index contributed by atoms with van der Waals surface area (Å²) < 4.78 is 4.85. The van der Waals surface area contributed by atoms with Crippen LogP contribution in [0.25, 0.3) is 22.2 Å². The summed E-state index contributed by atoms with van der Waals surface area (Å²) in [6.07, 6.45) is 2.06. The van der Waals surface area contributed by atoms with Crippen molar-refractivity contribution in [2.45, 2.75) is 0 Å². The van der Waals surface area contributed by atoms with Gasteiger partial charge in [0.1, 0.15) is 5.82 Å². The third kappa shape index (κ3) is 1.54. The monoisotopic (exact) mass is 304 g/mol. The van der Waals surface area contributed by atoms with Crippen molar-refractivity contribution in [1.82, 2.24) is 14.3 Å². The van der Waals surface area contributed by atoms with Gasteiger partial charge in [0, 0.05) is 47.3 Å². The molecule has 5 heteroatoms. The molecule has 0 radical (unpaired) electrons. The summed E-state index contributed by atoms with van der Waals surface area (Å²) in [6, 6.07) is 8.09. The summed E-state index contributed by atoms with van der Waals surface area (Å²) >= 11 is 3.60. The van der Waals surface area contributed by atoms with Crippen molar-refractivity contribution in [3.63, 3.8) is 0 Å². The van der Waals surface area contributed by atoms with Crippen LogP contribution < -0.4 is 5.73 Å². The number of aromatic nitrogens is 3. The molecular formula is C13H13BrN4. The highest BCUT2D eigenvalue weighted by Gasteiger charge is 2.13. The number of nitrogens with zero attached hydrogens (tertiary/aromatic N) is 3. The highest BCUT2D eigenvalue weighted by Crippen LogP contribution is 2.34. The summed E-state index contributed by atoms with van der Waals surface area (Å²) in [4.78, 5) is 0. The maximum atomic E-state index is 5.85. The Morgan fingerprint density at radius 3 is 2.72 bits per heavy atom. The van der Waals surface area contributed by atoms with Crippen molar-refractivity contribution in [2.75, 3.05) is 5.73 Å². The second-order valence-corrected chi connectivity index (χ2v) is 5.22. The lowest BCUT2D eigenvalue weighted by Gasteiger charge is -2.01. The lowest BCUT2D eigenvalue weighted by molar-refractivity contribution is 0.782. The largest absolute Gasteiger partial charge is 0.384 e. The zero-order valence-electron chi connectivity index (χ0n) is 10.2. The Labute approximate surface area is 113 Å². The zero-order valence-corrected chi connectivity index (χ0v) is 11.8. The Morgan fingerprint density at radius 1 is 1.28 bits per heavy atom. The SMILES string of the molecule is Cn1nc(-c2cccc3c2c(Br)cn3C)cc1N. The maximum Gasteiger partial charge on any atom is 0.121 e. The first-order valence-corrected chi connectivity index (χ1v) is 6.40. The molecule has 0 atom stereocenters. The topological polar surface area (TPSA) is 48.8 Å². The van der Waals surface area contributed by atoms with E-state index in [4.69, 9.17) is 5.73 Å². The lowest BCUT2D eigenvalue weighted by Crippen LogP contribution is -1.96. The van der Waals surface area contributed by atoms with Gasteiger partial charge in [0.25, 0.3) is 0 Å². The second kappa shape index (κ2) is 3.88. The quantitative estimate of drug-likeness (QED) is 0.751. The van der Waals surface area contributed by atoms with E-state index in [1.807, 2.05) is 26.2 Å². The number of rotatable bonds is 1. The average Bonchev–Trinajstić information content (AvgIpc) is 2.82. The first-order valence-electron chi connectivity index (χ1n) is 5.61. The van der Waals surface area contributed by atoms with Gasteiger partial charge in [-0.3, -0.25) is 4.68 Å². The molecule has 4 nitrogen and oxygen atoms in total. The molecule has 0 fully saturated rings. The number of halogens is 1. The Kier molecular flexibility index (Phi) is 2.45. The fourth-order valence-electron chi connectivity index (χ4n) is 2.22. The molecule has 0 bridgehead atoms. The van der Waals surface area contributed by atoms with E-state index < -0.39 is 0 Å². The van der Waals surface area contributed by atoms with Crippen LogP contribution in [-0.2, 0) is 14.1 Å². The van der Waals surface area contributed by atoms with Gasteiger partial charge in [-0.2, -0.15) is 5.10 Å². The molecule has 2 N–H and O–H groups in total. The van der Waals surface area contributed by atoms with Gasteiger partial charge in [0.2, 0.25) is 0 Å². The predicted octanol–water partition coefficient (Wildman–Crippen LogP) is 2.92. The molecule has 2 heterocycles. The summed E-state index contributed by atoms with van der Waals surface area (Å²) in [5.41, 5.74) is 9.00. The minimum atomic E-state index is 0.661. The lowest BCUT2D eigenvalue weighted by atomic mass is 10.1. The molecule has 0 saturated carbocycles. The van der Waals surface area contributed by atoms with Crippen molar-refractivity contribution in [1.29, 1.82) is 0 Å². The van der Waals surface area contributed by atoms with Gasteiger partial charge in [-0.25, -0.2) is 0 Å². The Morgan fingerprint density at radius 2 is 2.06 bits per heavy atom. The summed E-state index contributed by atoms with van der Waals surface area (Å²) in [5, 5.41) is 5.61. The molecule has 0 unspecified atom stereocenters. The molecule has 0 saturated heterocycles. The second-order valence-electron chi connectivity index (χ2n) is 4.37. The van der Waals surface area contributed by atoms with Gasteiger partial charge in [-0.1, -0.05) is 12.1 Å². The van der Waals surface area contributed by atoms with Crippen LogP contribution in [0.1, 0.15) is 0 Å². The summed E-state index contributed by atoms with van der Waals surface area (Å²) in [5.74, 6) is 0.661. The van der Waals surface area contributed by atoms with Crippen molar-refractivity contribution in [3.8, 4) is 11.3 Å². The molecule has 18 heavy (non-hydrogen) atoms. The van der Waals surface area contributed by atoms with Crippen LogP contribution >= 0.6 is 15.9 Å². The van der Waals surface area contributed by atoms with E-state index in [1.54, 1.807) is 4.68 Å². The van der Waals surface area contributed by atoms with Gasteiger partial charge in [-0.05, 0) is 22.0 Å². The van der Waals surface area contributed by atoms with E-state index in [2.05, 4.69) is 43.9 Å². The molecule has 0 aliphatic rings. The standard InChI is InChI=1S/C13H13BrN4/c1-17-7-9(14)13-8(4-3-5-11(13)17)10-6-12(15)18(2)16-10/h3-7H,15H2,1-2H3. The third-order valence-corrected chi connectivity index (χ3v) is 3.76. The van der Waals surface area contributed by atoms with E-state index in [9.17, 15) is 0 Å². The maximum absolute atomic E-state index is 5.85. The van der Waals surface area contributed by atoms with E-state index in [0.29, 0.717) is 5.82 Å². The van der Waals surface area contributed by atoms with Crippen molar-refractivity contribution in [2.24, 2.45) is 14.1 Å². The number of fused-ring (bicyclic) bond motifs is 1. The number of aryl methyl sites for hydroxylation is 2. The molecule has 2 aromatic heterocycles. The Bertz CT molecular complexity index is 719. The van der Waals surface area contributed by atoms with Gasteiger partial charge >= 0.3 is 0 Å². The van der Waals surface area contributed by atoms with E-state index >= 15 is 0 Å². The van der Waals surface area contributed by atoms with Crippen LogP contribution in [0.3, 0.4) is 0 Å². The number of hydrogen-bond donors (Lipinski definition) is 1. The highest BCUT2D eigenvalue weighted by atomic mass is 79.9. The molecule has 0 amide bonds. The van der Waals surface area contributed by atoms with Gasteiger partial charge < -0.3 is 10.3 Å². The van der Waals surface area contributed by atoms with Crippen LogP contribution in [0.5, 0.6) is 0 Å². The number of nitrogens with two attached hydrogens (primary N) is 1. The molecule has 92 valence electrons. The highest BCUT2D eigenvalue weighted by molar-refractivity contribution is 9.10. The summed E-state index contributed by atoms with van der Waals surface area (Å²) in [7, 11) is 3.88. The number of nitrogen functional groups attached to an aromatic ring is 1. The van der Waals surface area contributed by atoms with E-state index in [0.717, 1.165) is 21.1 Å². The first-order chi connectivity index (χ1) is 8.58. The molecule has 0 spiro atoms. The van der Waals surface area contributed by atoms with Crippen LogP contribution in [0.15, 0.2) is 34.9 Å².